The van der Waals surface area contributed by atoms with E-state index in [1.165, 1.54) is 35.6 Å². The maximum atomic E-state index is 13.0. The molecule has 1 amide bonds. The number of carboxylic acid groups (broad SMARTS) is 1. The number of aromatic carboxylic acids is 1. The maximum Gasteiger partial charge on any atom is 0.339 e. The van der Waals surface area contributed by atoms with Crippen LogP contribution in [0.2, 0.25) is 0 Å². The summed E-state index contributed by atoms with van der Waals surface area (Å²) < 4.78 is 13.0. The van der Waals surface area contributed by atoms with Crippen molar-refractivity contribution in [2.75, 3.05) is 5.32 Å². The van der Waals surface area contributed by atoms with Gasteiger partial charge in [0.15, 0.2) is 0 Å². The number of hydrogen-bond donors (Lipinski definition) is 2. The first-order valence-electron chi connectivity index (χ1n) is 7.87. The molecule has 132 valence electrons. The lowest BCUT2D eigenvalue weighted by Gasteiger charge is -2.07. The van der Waals surface area contributed by atoms with Crippen molar-refractivity contribution in [3.05, 3.63) is 75.9 Å². The Morgan fingerprint density at radius 1 is 1.00 bits per heavy atom. The minimum Gasteiger partial charge on any atom is -0.478 e. The van der Waals surface area contributed by atoms with E-state index in [1.54, 1.807) is 0 Å². The van der Waals surface area contributed by atoms with E-state index in [1.807, 2.05) is 38.1 Å². The minimum absolute atomic E-state index is 0.0619. The standard InChI is InChI=1S/C20H16FNO3S/c1-11-3-5-13(6-4-11)16-12(2)26-19(17(16)20(24)25)22-18(23)14-7-9-15(21)10-8-14/h3-10H,1-2H3,(H,22,23)(H,24,25). The van der Waals surface area contributed by atoms with Crippen molar-refractivity contribution in [1.29, 1.82) is 0 Å². The highest BCUT2D eigenvalue weighted by atomic mass is 32.1. The fourth-order valence-corrected chi connectivity index (χ4v) is 3.74. The van der Waals surface area contributed by atoms with Crippen LogP contribution in [0.5, 0.6) is 0 Å². The fraction of sp³-hybridized carbons (Fsp3) is 0.100. The lowest BCUT2D eigenvalue weighted by molar-refractivity contribution is 0.0699. The number of carbonyl (C=O) groups excluding carboxylic acids is 1. The molecule has 6 heteroatoms. The van der Waals surface area contributed by atoms with Crippen molar-refractivity contribution in [1.82, 2.24) is 0 Å². The number of halogens is 1. The van der Waals surface area contributed by atoms with Gasteiger partial charge in [-0.25, -0.2) is 9.18 Å². The Morgan fingerprint density at radius 3 is 2.19 bits per heavy atom. The lowest BCUT2D eigenvalue weighted by Crippen LogP contribution is -2.13. The van der Waals surface area contributed by atoms with Gasteiger partial charge < -0.3 is 10.4 Å². The SMILES string of the molecule is Cc1ccc(-c2c(C)sc(NC(=O)c3ccc(F)cc3)c2C(=O)O)cc1. The molecule has 0 aliphatic heterocycles. The number of hydrogen-bond acceptors (Lipinski definition) is 3. The van der Waals surface area contributed by atoms with Crippen LogP contribution >= 0.6 is 11.3 Å². The Hall–Kier alpha value is -2.99. The molecule has 0 spiro atoms. The average molecular weight is 369 g/mol. The quantitative estimate of drug-likeness (QED) is 0.671. The zero-order chi connectivity index (χ0) is 18.8. The Balaban J connectivity index is 2.01. The Kier molecular flexibility index (Phi) is 4.86. The van der Waals surface area contributed by atoms with E-state index >= 15 is 0 Å². The first-order chi connectivity index (χ1) is 12.4. The smallest absolute Gasteiger partial charge is 0.339 e. The summed E-state index contributed by atoms with van der Waals surface area (Å²) in [5.41, 5.74) is 2.77. The van der Waals surface area contributed by atoms with E-state index in [0.29, 0.717) is 5.56 Å². The topological polar surface area (TPSA) is 66.4 Å². The Bertz CT molecular complexity index is 976. The molecule has 1 aromatic heterocycles. The lowest BCUT2D eigenvalue weighted by atomic mass is 10.0. The first kappa shape index (κ1) is 17.8. The molecule has 0 saturated carbocycles. The summed E-state index contributed by atoms with van der Waals surface area (Å²) in [4.78, 5) is 25.0. The molecule has 0 atom stereocenters. The summed E-state index contributed by atoms with van der Waals surface area (Å²) in [7, 11) is 0. The van der Waals surface area contributed by atoms with E-state index in [0.717, 1.165) is 16.0 Å². The predicted octanol–water partition coefficient (Wildman–Crippen LogP) is 5.12. The van der Waals surface area contributed by atoms with Crippen molar-refractivity contribution in [2.45, 2.75) is 13.8 Å². The van der Waals surface area contributed by atoms with Gasteiger partial charge in [-0.3, -0.25) is 4.79 Å². The molecule has 0 fully saturated rings. The van der Waals surface area contributed by atoms with Crippen LogP contribution in [0.3, 0.4) is 0 Å². The second-order valence-electron chi connectivity index (χ2n) is 5.87. The summed E-state index contributed by atoms with van der Waals surface area (Å²) >= 11 is 1.21. The zero-order valence-corrected chi connectivity index (χ0v) is 15.0. The third-order valence-electron chi connectivity index (χ3n) is 3.97. The molecule has 4 nitrogen and oxygen atoms in total. The fourth-order valence-electron chi connectivity index (χ4n) is 2.68. The molecule has 1 heterocycles. The first-order valence-corrected chi connectivity index (χ1v) is 8.69. The number of amides is 1. The normalized spacial score (nSPS) is 10.6. The van der Waals surface area contributed by atoms with E-state index in [4.69, 9.17) is 0 Å². The summed E-state index contributed by atoms with van der Waals surface area (Å²) in [6.07, 6.45) is 0. The van der Waals surface area contributed by atoms with E-state index in [2.05, 4.69) is 5.32 Å². The van der Waals surface area contributed by atoms with E-state index in [-0.39, 0.29) is 16.1 Å². The van der Waals surface area contributed by atoms with Crippen LogP contribution in [0.1, 0.15) is 31.2 Å². The summed E-state index contributed by atoms with van der Waals surface area (Å²) in [6, 6.07) is 12.6. The number of benzene rings is 2. The van der Waals surface area contributed by atoms with Crippen molar-refractivity contribution in [3.8, 4) is 11.1 Å². The molecule has 0 aliphatic rings. The van der Waals surface area contributed by atoms with Gasteiger partial charge in [0.05, 0.1) is 0 Å². The van der Waals surface area contributed by atoms with Gasteiger partial charge in [-0.2, -0.15) is 0 Å². The molecule has 2 N–H and O–H groups in total. The molecule has 0 radical (unpaired) electrons. The van der Waals surface area contributed by atoms with Gasteiger partial charge in [0, 0.05) is 16.0 Å². The molecule has 0 aliphatic carbocycles. The van der Waals surface area contributed by atoms with Gasteiger partial charge in [0.25, 0.3) is 5.91 Å². The number of rotatable bonds is 4. The summed E-state index contributed by atoms with van der Waals surface area (Å²) in [5.74, 6) is -2.04. The minimum atomic E-state index is -1.11. The van der Waals surface area contributed by atoms with Crippen molar-refractivity contribution >= 4 is 28.2 Å². The Labute approximate surface area is 153 Å². The van der Waals surface area contributed by atoms with Crippen molar-refractivity contribution in [2.24, 2.45) is 0 Å². The number of aryl methyl sites for hydroxylation is 2. The average Bonchev–Trinajstić information content (AvgIpc) is 2.92. The van der Waals surface area contributed by atoms with E-state index in [9.17, 15) is 19.1 Å². The molecule has 3 aromatic rings. The highest BCUT2D eigenvalue weighted by molar-refractivity contribution is 7.17. The molecular weight excluding hydrogens is 353 g/mol. The van der Waals surface area contributed by atoms with Gasteiger partial charge in [-0.1, -0.05) is 29.8 Å². The number of anilines is 1. The number of carbonyl (C=O) groups is 2. The van der Waals surface area contributed by atoms with Gasteiger partial charge in [0.1, 0.15) is 16.4 Å². The second-order valence-corrected chi connectivity index (χ2v) is 7.09. The van der Waals surface area contributed by atoms with Gasteiger partial charge in [-0.05, 0) is 43.7 Å². The zero-order valence-electron chi connectivity index (χ0n) is 14.2. The van der Waals surface area contributed by atoms with Crippen molar-refractivity contribution in [3.63, 3.8) is 0 Å². The number of thiophene rings is 1. The largest absolute Gasteiger partial charge is 0.478 e. The predicted molar refractivity (Wildman–Crippen MR) is 101 cm³/mol. The number of nitrogens with one attached hydrogen (secondary N) is 1. The molecule has 0 saturated heterocycles. The second kappa shape index (κ2) is 7.09. The molecular formula is C20H16FNO3S. The van der Waals surface area contributed by atoms with Crippen LogP contribution in [0.4, 0.5) is 9.39 Å². The van der Waals surface area contributed by atoms with Crippen molar-refractivity contribution < 1.29 is 19.1 Å². The molecule has 2 aromatic carbocycles. The van der Waals surface area contributed by atoms with E-state index < -0.39 is 17.7 Å². The van der Waals surface area contributed by atoms with Crippen LogP contribution < -0.4 is 5.32 Å². The van der Waals surface area contributed by atoms with Crippen LogP contribution in [0.15, 0.2) is 48.5 Å². The van der Waals surface area contributed by atoms with Crippen LogP contribution in [-0.4, -0.2) is 17.0 Å². The van der Waals surface area contributed by atoms with Crippen LogP contribution in [0, 0.1) is 19.7 Å². The van der Waals surface area contributed by atoms with Gasteiger partial charge >= 0.3 is 5.97 Å². The highest BCUT2D eigenvalue weighted by Gasteiger charge is 2.24. The molecule has 26 heavy (non-hydrogen) atoms. The van der Waals surface area contributed by atoms with Gasteiger partial charge in [-0.15, -0.1) is 11.3 Å². The molecule has 0 bridgehead atoms. The number of carboxylic acids is 1. The maximum absolute atomic E-state index is 13.0. The highest BCUT2D eigenvalue weighted by Crippen LogP contribution is 2.40. The third kappa shape index (κ3) is 3.50. The van der Waals surface area contributed by atoms with Crippen LogP contribution in [0.25, 0.3) is 11.1 Å². The Morgan fingerprint density at radius 2 is 1.62 bits per heavy atom. The molecule has 3 rings (SSSR count). The summed E-state index contributed by atoms with van der Waals surface area (Å²) in [5, 5.41) is 12.6. The van der Waals surface area contributed by atoms with Crippen LogP contribution in [-0.2, 0) is 0 Å². The van der Waals surface area contributed by atoms with Gasteiger partial charge in [0.2, 0.25) is 0 Å². The molecule has 0 unspecified atom stereocenters. The summed E-state index contributed by atoms with van der Waals surface area (Å²) in [6.45, 7) is 3.77. The monoisotopic (exact) mass is 369 g/mol. The third-order valence-corrected chi connectivity index (χ3v) is 4.99.